The molecule has 4 nitrogen and oxygen atoms in total. The molecule has 0 amide bonds. The smallest absolute Gasteiger partial charge is 0.205 e. The lowest BCUT2D eigenvalue weighted by Gasteiger charge is -2.20. The molecule has 14 heavy (non-hydrogen) atoms. The minimum atomic E-state index is 0.385. The minimum absolute atomic E-state index is 0.385. The van der Waals surface area contributed by atoms with E-state index in [0.717, 1.165) is 38.4 Å². The lowest BCUT2D eigenvalue weighted by Crippen LogP contribution is -2.48. The summed E-state index contributed by atoms with van der Waals surface area (Å²) in [6, 6.07) is 0. The van der Waals surface area contributed by atoms with Gasteiger partial charge in [-0.25, -0.2) is 5.43 Å². The summed E-state index contributed by atoms with van der Waals surface area (Å²) in [5.41, 5.74) is 6.64. The molecule has 1 heterocycles. The lowest BCUT2D eigenvalue weighted by atomic mass is 9.93. The van der Waals surface area contributed by atoms with Gasteiger partial charge in [0, 0.05) is 19.6 Å². The van der Waals surface area contributed by atoms with Crippen LogP contribution < -0.4 is 16.2 Å². The van der Waals surface area contributed by atoms with Crippen LogP contribution in [-0.4, -0.2) is 25.6 Å². The molecule has 0 saturated heterocycles. The van der Waals surface area contributed by atoms with Gasteiger partial charge in [-0.2, -0.15) is 0 Å². The van der Waals surface area contributed by atoms with Gasteiger partial charge in [-0.3, -0.25) is 10.4 Å². The molecule has 3 N–H and O–H groups in total. The van der Waals surface area contributed by atoms with E-state index in [1.54, 1.807) is 0 Å². The molecular formula is C10H22N4. The fourth-order valence-electron chi connectivity index (χ4n) is 1.20. The Kier molecular flexibility index (Phi) is 4.20. The van der Waals surface area contributed by atoms with Crippen molar-refractivity contribution in [2.45, 2.75) is 33.6 Å². The van der Waals surface area contributed by atoms with Gasteiger partial charge in [0.15, 0.2) is 0 Å². The molecule has 1 aliphatic heterocycles. The molecule has 0 saturated carbocycles. The number of nitrogens with one attached hydrogen (secondary N) is 3. The van der Waals surface area contributed by atoms with Crippen molar-refractivity contribution in [2.75, 3.05) is 19.6 Å². The maximum atomic E-state index is 4.30. The molecule has 0 aromatic rings. The second kappa shape index (κ2) is 5.20. The van der Waals surface area contributed by atoms with E-state index in [9.17, 15) is 0 Å². The van der Waals surface area contributed by atoms with E-state index in [2.05, 4.69) is 41.9 Å². The Hall–Kier alpha value is -0.770. The Morgan fingerprint density at radius 1 is 1.43 bits per heavy atom. The van der Waals surface area contributed by atoms with Crippen LogP contribution in [0.3, 0.4) is 0 Å². The summed E-state index contributed by atoms with van der Waals surface area (Å²) in [6.45, 7) is 9.63. The normalized spacial score (nSPS) is 17.2. The van der Waals surface area contributed by atoms with Crippen molar-refractivity contribution < 1.29 is 0 Å². The Labute approximate surface area is 86.5 Å². The van der Waals surface area contributed by atoms with Crippen molar-refractivity contribution in [1.82, 2.24) is 16.2 Å². The van der Waals surface area contributed by atoms with Crippen molar-refractivity contribution >= 4 is 5.96 Å². The molecule has 0 aliphatic carbocycles. The van der Waals surface area contributed by atoms with Crippen molar-refractivity contribution in [3.63, 3.8) is 0 Å². The zero-order valence-electron chi connectivity index (χ0n) is 9.48. The molecule has 4 heteroatoms. The van der Waals surface area contributed by atoms with Gasteiger partial charge in [0.25, 0.3) is 0 Å². The minimum Gasteiger partial charge on any atom is -0.355 e. The van der Waals surface area contributed by atoms with E-state index in [4.69, 9.17) is 0 Å². The summed E-state index contributed by atoms with van der Waals surface area (Å²) in [5, 5.41) is 3.19. The lowest BCUT2D eigenvalue weighted by molar-refractivity contribution is 0.362. The fourth-order valence-corrected chi connectivity index (χ4v) is 1.20. The molecule has 82 valence electrons. The molecular weight excluding hydrogens is 176 g/mol. The van der Waals surface area contributed by atoms with E-state index in [1.807, 2.05) is 0 Å². The second-order valence-electron chi connectivity index (χ2n) is 4.87. The monoisotopic (exact) mass is 198 g/mol. The Bertz CT molecular complexity index is 193. The van der Waals surface area contributed by atoms with E-state index < -0.39 is 0 Å². The predicted molar refractivity (Wildman–Crippen MR) is 60.1 cm³/mol. The standard InChI is InChI=1S/C10H22N4/c1-10(2,3)5-8-13-14-9-11-6-4-7-12-9/h13H,4-8H2,1-3H3,(H2,11,12,14). The van der Waals surface area contributed by atoms with Crippen LogP contribution >= 0.6 is 0 Å². The number of rotatable bonds is 3. The molecule has 1 aliphatic rings. The first-order valence-corrected chi connectivity index (χ1v) is 5.35. The largest absolute Gasteiger partial charge is 0.355 e. The SMILES string of the molecule is CC(C)(C)CCNNC1=NCCCN1. The molecule has 0 atom stereocenters. The molecule has 0 fully saturated rings. The van der Waals surface area contributed by atoms with Crippen LogP contribution in [0, 0.1) is 5.41 Å². The highest BCUT2D eigenvalue weighted by Gasteiger charge is 2.09. The molecule has 0 aromatic heterocycles. The first-order valence-electron chi connectivity index (χ1n) is 5.35. The molecule has 0 bridgehead atoms. The number of hydrogen-bond acceptors (Lipinski definition) is 4. The molecule has 0 unspecified atom stereocenters. The van der Waals surface area contributed by atoms with Crippen molar-refractivity contribution in [3.05, 3.63) is 0 Å². The van der Waals surface area contributed by atoms with Crippen LogP contribution in [0.4, 0.5) is 0 Å². The van der Waals surface area contributed by atoms with Gasteiger partial charge >= 0.3 is 0 Å². The maximum absolute atomic E-state index is 4.30. The van der Waals surface area contributed by atoms with Gasteiger partial charge in [-0.15, -0.1) is 0 Å². The highest BCUT2D eigenvalue weighted by Crippen LogP contribution is 2.16. The van der Waals surface area contributed by atoms with Crippen molar-refractivity contribution in [1.29, 1.82) is 0 Å². The van der Waals surface area contributed by atoms with Gasteiger partial charge in [0.05, 0.1) is 0 Å². The Morgan fingerprint density at radius 2 is 2.21 bits per heavy atom. The third kappa shape index (κ3) is 5.07. The first kappa shape index (κ1) is 11.3. The van der Waals surface area contributed by atoms with Crippen LogP contribution in [0.1, 0.15) is 33.6 Å². The summed E-state index contributed by atoms with van der Waals surface area (Å²) in [7, 11) is 0. The highest BCUT2D eigenvalue weighted by molar-refractivity contribution is 5.79. The van der Waals surface area contributed by atoms with E-state index in [0.29, 0.717) is 5.41 Å². The van der Waals surface area contributed by atoms with Crippen molar-refractivity contribution in [2.24, 2.45) is 10.4 Å². The van der Waals surface area contributed by atoms with Gasteiger partial charge in [-0.1, -0.05) is 20.8 Å². The quantitative estimate of drug-likeness (QED) is 0.466. The number of nitrogens with zero attached hydrogens (tertiary/aromatic N) is 1. The van der Waals surface area contributed by atoms with Gasteiger partial charge in [-0.05, 0) is 18.3 Å². The van der Waals surface area contributed by atoms with Crippen LogP contribution in [0.15, 0.2) is 4.99 Å². The second-order valence-corrected chi connectivity index (χ2v) is 4.87. The van der Waals surface area contributed by atoms with Gasteiger partial charge in [0.1, 0.15) is 0 Å². The summed E-state index contributed by atoms with van der Waals surface area (Å²) < 4.78 is 0. The van der Waals surface area contributed by atoms with Crippen molar-refractivity contribution in [3.8, 4) is 0 Å². The third-order valence-electron chi connectivity index (χ3n) is 2.10. The summed E-state index contributed by atoms with van der Waals surface area (Å²) >= 11 is 0. The number of aliphatic imine (C=N–C) groups is 1. The van der Waals surface area contributed by atoms with Gasteiger partial charge in [0.2, 0.25) is 5.96 Å². The molecule has 0 aromatic carbocycles. The molecule has 0 spiro atoms. The molecule has 0 radical (unpaired) electrons. The topological polar surface area (TPSA) is 48.5 Å². The van der Waals surface area contributed by atoms with E-state index >= 15 is 0 Å². The van der Waals surface area contributed by atoms with Gasteiger partial charge < -0.3 is 5.32 Å². The summed E-state index contributed by atoms with van der Waals surface area (Å²) in [5.74, 6) is 0.880. The van der Waals surface area contributed by atoms with E-state index in [-0.39, 0.29) is 0 Å². The number of hydrogen-bond donors (Lipinski definition) is 3. The Morgan fingerprint density at radius 3 is 2.79 bits per heavy atom. The summed E-state index contributed by atoms with van der Waals surface area (Å²) in [4.78, 5) is 4.30. The average molecular weight is 198 g/mol. The fraction of sp³-hybridized carbons (Fsp3) is 0.900. The first-order chi connectivity index (χ1) is 6.58. The highest BCUT2D eigenvalue weighted by atomic mass is 15.4. The predicted octanol–water partition coefficient (Wildman–Crippen LogP) is 0.866. The van der Waals surface area contributed by atoms with Crippen LogP contribution in [0.25, 0.3) is 0 Å². The molecule has 1 rings (SSSR count). The third-order valence-corrected chi connectivity index (χ3v) is 2.10. The van der Waals surface area contributed by atoms with Crippen LogP contribution in [0.5, 0.6) is 0 Å². The maximum Gasteiger partial charge on any atom is 0.205 e. The zero-order chi connectivity index (χ0) is 10.4. The Balaban J connectivity index is 2.06. The van der Waals surface area contributed by atoms with Crippen LogP contribution in [0.2, 0.25) is 0 Å². The zero-order valence-corrected chi connectivity index (χ0v) is 9.48. The summed E-state index contributed by atoms with van der Waals surface area (Å²) in [6.07, 6.45) is 2.28. The van der Waals surface area contributed by atoms with E-state index in [1.165, 1.54) is 0 Å². The average Bonchev–Trinajstić information content (AvgIpc) is 2.13. The number of hydrazine groups is 1. The number of guanidine groups is 1. The van der Waals surface area contributed by atoms with Crippen LogP contribution in [-0.2, 0) is 0 Å².